The molecule has 0 spiro atoms. The van der Waals surface area contributed by atoms with Gasteiger partial charge >= 0.3 is 0 Å². The first-order valence-electron chi connectivity index (χ1n) is 6.02. The van der Waals surface area contributed by atoms with Gasteiger partial charge in [0, 0.05) is 25.7 Å². The zero-order valence-corrected chi connectivity index (χ0v) is 10.5. The van der Waals surface area contributed by atoms with Crippen LogP contribution in [0.4, 0.5) is 0 Å². The highest BCUT2D eigenvalue weighted by atomic mass is 16.2. The molecule has 1 saturated heterocycles. The van der Waals surface area contributed by atoms with E-state index in [1.54, 1.807) is 0 Å². The number of hydrogen-bond donors (Lipinski definition) is 0. The highest BCUT2D eigenvalue weighted by Crippen LogP contribution is 2.09. The van der Waals surface area contributed by atoms with Crippen molar-refractivity contribution in [2.45, 2.75) is 40.2 Å². The summed E-state index contributed by atoms with van der Waals surface area (Å²) in [6.45, 7) is 12.2. The molecule has 3 heteroatoms. The van der Waals surface area contributed by atoms with Gasteiger partial charge in [-0.25, -0.2) is 0 Å². The van der Waals surface area contributed by atoms with Gasteiger partial charge in [0.2, 0.25) is 5.91 Å². The second-order valence-electron chi connectivity index (χ2n) is 5.13. The van der Waals surface area contributed by atoms with Crippen molar-refractivity contribution in [1.82, 2.24) is 9.80 Å². The first-order chi connectivity index (χ1) is 7.00. The van der Waals surface area contributed by atoms with Crippen LogP contribution in [0.5, 0.6) is 0 Å². The summed E-state index contributed by atoms with van der Waals surface area (Å²) in [7, 11) is 0. The average Bonchev–Trinajstić information content (AvgIpc) is 2.15. The molecule has 1 fully saturated rings. The molecule has 0 N–H and O–H groups in total. The average molecular weight is 212 g/mol. The summed E-state index contributed by atoms with van der Waals surface area (Å²) in [6, 6.07) is 0.487. The van der Waals surface area contributed by atoms with E-state index in [0.29, 0.717) is 24.4 Å². The van der Waals surface area contributed by atoms with Crippen LogP contribution in [0.3, 0.4) is 0 Å². The van der Waals surface area contributed by atoms with Crippen LogP contribution in [0.1, 0.15) is 34.1 Å². The van der Waals surface area contributed by atoms with Crippen LogP contribution in [0.15, 0.2) is 0 Å². The molecule has 1 amide bonds. The van der Waals surface area contributed by atoms with Crippen LogP contribution in [-0.2, 0) is 4.79 Å². The van der Waals surface area contributed by atoms with E-state index in [9.17, 15) is 4.79 Å². The minimum atomic E-state index is 0.301. The third-order valence-corrected chi connectivity index (χ3v) is 3.05. The van der Waals surface area contributed by atoms with Crippen LogP contribution in [-0.4, -0.2) is 47.9 Å². The summed E-state index contributed by atoms with van der Waals surface area (Å²) in [4.78, 5) is 16.1. The third kappa shape index (κ3) is 3.82. The zero-order valence-electron chi connectivity index (χ0n) is 10.5. The van der Waals surface area contributed by atoms with Crippen molar-refractivity contribution < 1.29 is 4.79 Å². The molecule has 1 rings (SSSR count). The molecule has 0 bridgehead atoms. The van der Waals surface area contributed by atoms with Crippen molar-refractivity contribution in [2.24, 2.45) is 5.92 Å². The van der Waals surface area contributed by atoms with Crippen LogP contribution >= 0.6 is 0 Å². The van der Waals surface area contributed by atoms with Crippen LogP contribution in [0, 0.1) is 5.92 Å². The fourth-order valence-corrected chi connectivity index (χ4v) is 1.82. The van der Waals surface area contributed by atoms with E-state index in [1.165, 1.54) is 0 Å². The van der Waals surface area contributed by atoms with Gasteiger partial charge in [-0.15, -0.1) is 0 Å². The van der Waals surface area contributed by atoms with Crippen LogP contribution < -0.4 is 0 Å². The molecule has 0 unspecified atom stereocenters. The fourth-order valence-electron chi connectivity index (χ4n) is 1.82. The number of rotatable bonds is 4. The number of nitrogens with zero attached hydrogens (tertiary/aromatic N) is 2. The number of piperazine rings is 1. The highest BCUT2D eigenvalue weighted by Gasteiger charge is 2.24. The molecule has 1 heterocycles. The summed E-state index contributed by atoms with van der Waals surface area (Å²) in [5.41, 5.74) is 0. The second kappa shape index (κ2) is 5.50. The van der Waals surface area contributed by atoms with Crippen LogP contribution in [0.2, 0.25) is 0 Å². The Balaban J connectivity index is 2.36. The van der Waals surface area contributed by atoms with Crippen molar-refractivity contribution in [3.05, 3.63) is 0 Å². The largest absolute Gasteiger partial charge is 0.340 e. The molecule has 3 nitrogen and oxygen atoms in total. The Hall–Kier alpha value is -0.570. The molecule has 0 aromatic carbocycles. The molecule has 15 heavy (non-hydrogen) atoms. The molecule has 88 valence electrons. The molecule has 0 radical (unpaired) electrons. The predicted octanol–water partition coefficient (Wildman–Crippen LogP) is 1.59. The Morgan fingerprint density at radius 2 is 1.87 bits per heavy atom. The lowest BCUT2D eigenvalue weighted by Crippen LogP contribution is -2.52. The van der Waals surface area contributed by atoms with Crippen molar-refractivity contribution in [3.63, 3.8) is 0 Å². The van der Waals surface area contributed by atoms with E-state index in [4.69, 9.17) is 0 Å². The number of amides is 1. The minimum absolute atomic E-state index is 0.301. The van der Waals surface area contributed by atoms with Gasteiger partial charge in [-0.2, -0.15) is 0 Å². The van der Waals surface area contributed by atoms with Crippen molar-refractivity contribution >= 4 is 5.91 Å². The lowest BCUT2D eigenvalue weighted by atomic mass is 10.1. The van der Waals surface area contributed by atoms with Gasteiger partial charge in [0.15, 0.2) is 0 Å². The van der Waals surface area contributed by atoms with Gasteiger partial charge in [-0.3, -0.25) is 9.69 Å². The van der Waals surface area contributed by atoms with Crippen molar-refractivity contribution in [1.29, 1.82) is 0 Å². The topological polar surface area (TPSA) is 23.6 Å². The molecule has 0 aromatic rings. The summed E-state index contributed by atoms with van der Waals surface area (Å²) in [5, 5.41) is 0. The lowest BCUT2D eigenvalue weighted by Gasteiger charge is -2.36. The normalized spacial score (nSPS) is 19.3. The Labute approximate surface area is 93.4 Å². The SMILES string of the molecule is CC(C)CCN1CCN(C(C)C)CC1=O. The molecule has 1 aliphatic heterocycles. The van der Waals surface area contributed by atoms with E-state index in [0.717, 1.165) is 26.1 Å². The first-order valence-corrected chi connectivity index (χ1v) is 6.02. The monoisotopic (exact) mass is 212 g/mol. The van der Waals surface area contributed by atoms with E-state index >= 15 is 0 Å². The lowest BCUT2D eigenvalue weighted by molar-refractivity contribution is -0.136. The highest BCUT2D eigenvalue weighted by molar-refractivity contribution is 5.79. The summed E-state index contributed by atoms with van der Waals surface area (Å²) in [6.07, 6.45) is 1.12. The second-order valence-corrected chi connectivity index (χ2v) is 5.13. The summed E-state index contributed by atoms with van der Waals surface area (Å²) in [5.74, 6) is 0.983. The smallest absolute Gasteiger partial charge is 0.236 e. The Morgan fingerprint density at radius 1 is 1.20 bits per heavy atom. The number of carbonyl (C=O) groups is 1. The van der Waals surface area contributed by atoms with E-state index in [-0.39, 0.29) is 0 Å². The van der Waals surface area contributed by atoms with Gasteiger partial charge in [0.25, 0.3) is 0 Å². The van der Waals surface area contributed by atoms with E-state index in [2.05, 4.69) is 32.6 Å². The maximum Gasteiger partial charge on any atom is 0.236 e. The van der Waals surface area contributed by atoms with Crippen LogP contribution in [0.25, 0.3) is 0 Å². The Morgan fingerprint density at radius 3 is 2.33 bits per heavy atom. The van der Waals surface area contributed by atoms with Crippen molar-refractivity contribution in [3.8, 4) is 0 Å². The molecule has 0 atom stereocenters. The van der Waals surface area contributed by atoms with Gasteiger partial charge in [0.05, 0.1) is 6.54 Å². The van der Waals surface area contributed by atoms with E-state index < -0.39 is 0 Å². The number of hydrogen-bond acceptors (Lipinski definition) is 2. The van der Waals surface area contributed by atoms with Gasteiger partial charge in [-0.1, -0.05) is 13.8 Å². The molecule has 0 aliphatic carbocycles. The van der Waals surface area contributed by atoms with Crippen molar-refractivity contribution in [2.75, 3.05) is 26.2 Å². The fraction of sp³-hybridized carbons (Fsp3) is 0.917. The third-order valence-electron chi connectivity index (χ3n) is 3.05. The number of carbonyl (C=O) groups excluding carboxylic acids is 1. The summed E-state index contributed by atoms with van der Waals surface area (Å²) < 4.78 is 0. The summed E-state index contributed by atoms with van der Waals surface area (Å²) >= 11 is 0. The molecule has 0 aromatic heterocycles. The van der Waals surface area contributed by atoms with Gasteiger partial charge < -0.3 is 4.90 Å². The van der Waals surface area contributed by atoms with Gasteiger partial charge in [-0.05, 0) is 26.2 Å². The quantitative estimate of drug-likeness (QED) is 0.706. The maximum absolute atomic E-state index is 11.8. The molecular weight excluding hydrogens is 188 g/mol. The molecule has 0 saturated carbocycles. The Bertz CT molecular complexity index is 214. The maximum atomic E-state index is 11.8. The standard InChI is InChI=1S/C12H24N2O/c1-10(2)5-6-13-7-8-14(11(3)4)9-12(13)15/h10-11H,5-9H2,1-4H3. The van der Waals surface area contributed by atoms with Gasteiger partial charge in [0.1, 0.15) is 0 Å². The zero-order chi connectivity index (χ0) is 11.4. The first kappa shape index (κ1) is 12.5. The Kier molecular flexibility index (Phi) is 4.58. The molecular formula is C12H24N2O. The molecule has 1 aliphatic rings. The predicted molar refractivity (Wildman–Crippen MR) is 62.7 cm³/mol. The minimum Gasteiger partial charge on any atom is -0.340 e. The van der Waals surface area contributed by atoms with E-state index in [1.807, 2.05) is 4.90 Å².